The lowest BCUT2D eigenvalue weighted by Crippen LogP contribution is -2.44. The van der Waals surface area contributed by atoms with Crippen molar-refractivity contribution in [3.63, 3.8) is 0 Å². The van der Waals surface area contributed by atoms with Crippen molar-refractivity contribution in [2.24, 2.45) is 4.99 Å². The highest BCUT2D eigenvalue weighted by Gasteiger charge is 2.31. The van der Waals surface area contributed by atoms with Gasteiger partial charge in [0.15, 0.2) is 5.96 Å². The van der Waals surface area contributed by atoms with E-state index >= 15 is 0 Å². The van der Waals surface area contributed by atoms with Gasteiger partial charge in [0, 0.05) is 17.8 Å². The van der Waals surface area contributed by atoms with E-state index in [0.717, 1.165) is 44.7 Å². The fraction of sp³-hybridized carbons (Fsp3) is 0.933. The maximum Gasteiger partial charge on any atom is 0.191 e. The minimum Gasteiger partial charge on any atom is -0.388 e. The molecule has 2 fully saturated rings. The van der Waals surface area contributed by atoms with Gasteiger partial charge in [-0.1, -0.05) is 12.8 Å². The SMILES string of the molecule is CCNC(=NCC1(O)CCCC1)NCC1(C)CCCS1. The normalized spacial score (nSPS) is 29.6. The van der Waals surface area contributed by atoms with E-state index in [1.807, 2.05) is 0 Å². The van der Waals surface area contributed by atoms with Gasteiger partial charge in [-0.2, -0.15) is 11.8 Å². The van der Waals surface area contributed by atoms with E-state index in [0.29, 0.717) is 11.3 Å². The van der Waals surface area contributed by atoms with Gasteiger partial charge in [0.25, 0.3) is 0 Å². The molecule has 1 atom stereocenters. The molecule has 2 aliphatic rings. The van der Waals surface area contributed by atoms with Gasteiger partial charge >= 0.3 is 0 Å². The van der Waals surface area contributed by atoms with Crippen molar-refractivity contribution in [1.29, 1.82) is 0 Å². The summed E-state index contributed by atoms with van der Waals surface area (Å²) in [4.78, 5) is 4.59. The Bertz CT molecular complexity index is 334. The average Bonchev–Trinajstić information content (AvgIpc) is 3.03. The maximum absolute atomic E-state index is 10.4. The third kappa shape index (κ3) is 4.55. The zero-order chi connectivity index (χ0) is 14.5. The molecule has 1 saturated heterocycles. The first-order valence-corrected chi connectivity index (χ1v) is 8.92. The zero-order valence-corrected chi connectivity index (χ0v) is 13.7. The van der Waals surface area contributed by atoms with E-state index in [1.54, 1.807) is 0 Å². The van der Waals surface area contributed by atoms with Gasteiger partial charge in [0.05, 0.1) is 12.1 Å². The first-order chi connectivity index (χ1) is 9.55. The molecule has 2 rings (SSSR count). The van der Waals surface area contributed by atoms with Gasteiger partial charge in [-0.3, -0.25) is 4.99 Å². The van der Waals surface area contributed by atoms with Gasteiger partial charge in [0.1, 0.15) is 0 Å². The average molecular weight is 299 g/mol. The highest BCUT2D eigenvalue weighted by Crippen LogP contribution is 2.36. The van der Waals surface area contributed by atoms with Gasteiger partial charge in [-0.15, -0.1) is 0 Å². The molecule has 5 heteroatoms. The van der Waals surface area contributed by atoms with E-state index in [-0.39, 0.29) is 0 Å². The Kier molecular flexibility index (Phi) is 5.61. The van der Waals surface area contributed by atoms with Crippen molar-refractivity contribution in [1.82, 2.24) is 10.6 Å². The number of nitrogens with zero attached hydrogens (tertiary/aromatic N) is 1. The number of aliphatic imine (C=N–C) groups is 1. The third-order valence-electron chi connectivity index (χ3n) is 4.34. The number of guanidine groups is 1. The Morgan fingerprint density at radius 2 is 1.95 bits per heavy atom. The molecule has 116 valence electrons. The second kappa shape index (κ2) is 7.03. The van der Waals surface area contributed by atoms with E-state index < -0.39 is 5.60 Å². The summed E-state index contributed by atoms with van der Waals surface area (Å²) >= 11 is 2.05. The minimum absolute atomic E-state index is 0.334. The van der Waals surface area contributed by atoms with Crippen LogP contribution in [-0.4, -0.2) is 46.8 Å². The van der Waals surface area contributed by atoms with Crippen LogP contribution in [0.25, 0.3) is 0 Å². The first-order valence-electron chi connectivity index (χ1n) is 7.94. The summed E-state index contributed by atoms with van der Waals surface area (Å²) in [6, 6.07) is 0. The Hall–Kier alpha value is -0.420. The largest absolute Gasteiger partial charge is 0.388 e. The summed E-state index contributed by atoms with van der Waals surface area (Å²) < 4.78 is 0.334. The smallest absolute Gasteiger partial charge is 0.191 e. The molecular weight excluding hydrogens is 270 g/mol. The highest BCUT2D eigenvalue weighted by molar-refractivity contribution is 8.00. The Morgan fingerprint density at radius 3 is 2.55 bits per heavy atom. The summed E-state index contributed by atoms with van der Waals surface area (Å²) in [6.07, 6.45) is 6.63. The van der Waals surface area contributed by atoms with Crippen LogP contribution >= 0.6 is 11.8 Å². The zero-order valence-electron chi connectivity index (χ0n) is 12.9. The molecule has 0 amide bonds. The quantitative estimate of drug-likeness (QED) is 0.538. The molecule has 1 heterocycles. The van der Waals surface area contributed by atoms with E-state index in [4.69, 9.17) is 0 Å². The summed E-state index contributed by atoms with van der Waals surface area (Å²) in [5.74, 6) is 2.12. The van der Waals surface area contributed by atoms with Gasteiger partial charge in [-0.05, 0) is 45.3 Å². The lowest BCUT2D eigenvalue weighted by atomic mass is 10.0. The van der Waals surface area contributed by atoms with Crippen LogP contribution < -0.4 is 10.6 Å². The summed E-state index contributed by atoms with van der Waals surface area (Å²) in [5.41, 5.74) is -0.561. The lowest BCUT2D eigenvalue weighted by Gasteiger charge is -2.25. The third-order valence-corrected chi connectivity index (χ3v) is 5.88. The molecule has 3 N–H and O–H groups in total. The molecule has 1 saturated carbocycles. The second-order valence-corrected chi connectivity index (χ2v) is 8.06. The molecule has 0 spiro atoms. The molecule has 1 unspecified atom stereocenters. The Morgan fingerprint density at radius 1 is 1.20 bits per heavy atom. The van der Waals surface area contributed by atoms with Gasteiger partial charge in [0.2, 0.25) is 0 Å². The summed E-state index contributed by atoms with van der Waals surface area (Å²) in [6.45, 7) is 6.72. The first kappa shape index (κ1) is 16.0. The van der Waals surface area contributed by atoms with Crippen LogP contribution in [0.5, 0.6) is 0 Å². The molecule has 4 nitrogen and oxygen atoms in total. The number of aliphatic hydroxyl groups is 1. The summed E-state index contributed by atoms with van der Waals surface area (Å²) in [7, 11) is 0. The van der Waals surface area contributed by atoms with Crippen molar-refractivity contribution in [2.45, 2.75) is 62.7 Å². The second-order valence-electron chi connectivity index (χ2n) is 6.38. The fourth-order valence-electron chi connectivity index (χ4n) is 3.01. The molecule has 20 heavy (non-hydrogen) atoms. The van der Waals surface area contributed by atoms with E-state index in [1.165, 1.54) is 18.6 Å². The molecular formula is C15H29N3OS. The van der Waals surface area contributed by atoms with Crippen LogP contribution in [0.4, 0.5) is 0 Å². The Balaban J connectivity index is 1.85. The fourth-order valence-corrected chi connectivity index (χ4v) is 4.25. The van der Waals surface area contributed by atoms with Crippen molar-refractivity contribution < 1.29 is 5.11 Å². The maximum atomic E-state index is 10.4. The Labute approximate surface area is 127 Å². The minimum atomic E-state index is -0.561. The highest BCUT2D eigenvalue weighted by atomic mass is 32.2. The molecule has 0 bridgehead atoms. The topological polar surface area (TPSA) is 56.7 Å². The molecule has 1 aliphatic carbocycles. The summed E-state index contributed by atoms with van der Waals surface area (Å²) in [5, 5.41) is 17.1. The molecule has 0 radical (unpaired) electrons. The van der Waals surface area contributed by atoms with Crippen LogP contribution in [0.15, 0.2) is 4.99 Å². The van der Waals surface area contributed by atoms with Crippen molar-refractivity contribution >= 4 is 17.7 Å². The standard InChI is InChI=1S/C15H29N3OS/c1-3-16-13(17-11-14(2)7-6-10-20-14)18-12-15(19)8-4-5-9-15/h19H,3-12H2,1-2H3,(H2,16,17,18). The van der Waals surface area contributed by atoms with E-state index in [2.05, 4.69) is 41.2 Å². The number of rotatable bonds is 5. The van der Waals surface area contributed by atoms with Crippen molar-refractivity contribution in [2.75, 3.05) is 25.4 Å². The predicted octanol–water partition coefficient (Wildman–Crippen LogP) is 2.13. The number of hydrogen-bond acceptors (Lipinski definition) is 3. The van der Waals surface area contributed by atoms with Crippen LogP contribution in [-0.2, 0) is 0 Å². The number of nitrogens with one attached hydrogen (secondary N) is 2. The van der Waals surface area contributed by atoms with Gasteiger partial charge < -0.3 is 15.7 Å². The molecule has 0 aromatic rings. The van der Waals surface area contributed by atoms with Crippen molar-refractivity contribution in [3.05, 3.63) is 0 Å². The van der Waals surface area contributed by atoms with Crippen molar-refractivity contribution in [3.8, 4) is 0 Å². The number of hydrogen-bond donors (Lipinski definition) is 3. The predicted molar refractivity (Wildman–Crippen MR) is 87.5 cm³/mol. The van der Waals surface area contributed by atoms with Crippen LogP contribution in [0.3, 0.4) is 0 Å². The molecule has 0 aromatic heterocycles. The lowest BCUT2D eigenvalue weighted by molar-refractivity contribution is 0.0574. The molecule has 1 aliphatic heterocycles. The monoisotopic (exact) mass is 299 g/mol. The van der Waals surface area contributed by atoms with Gasteiger partial charge in [-0.25, -0.2) is 0 Å². The van der Waals surface area contributed by atoms with Crippen LogP contribution in [0, 0.1) is 0 Å². The van der Waals surface area contributed by atoms with Crippen LogP contribution in [0.2, 0.25) is 0 Å². The number of thioether (sulfide) groups is 1. The van der Waals surface area contributed by atoms with E-state index in [9.17, 15) is 5.11 Å². The molecule has 0 aromatic carbocycles. The van der Waals surface area contributed by atoms with Crippen LogP contribution in [0.1, 0.15) is 52.4 Å².